The molecule has 1 unspecified atom stereocenters. The zero-order valence-corrected chi connectivity index (χ0v) is 10.1. The number of phenolic OH excluding ortho intramolecular Hbond substituents is 1. The average Bonchev–Trinajstić information content (AvgIpc) is 2.20. The Morgan fingerprint density at radius 3 is 2.47 bits per heavy atom. The van der Waals surface area contributed by atoms with Gasteiger partial charge in [0, 0.05) is 16.7 Å². The number of benzene rings is 1. The summed E-state index contributed by atoms with van der Waals surface area (Å²) in [5, 5.41) is 7.21. The molecule has 0 saturated heterocycles. The van der Waals surface area contributed by atoms with Gasteiger partial charge in [0.15, 0.2) is 16.7 Å². The molecule has 1 aromatic carbocycles. The molecule has 6 nitrogen and oxygen atoms in total. The van der Waals surface area contributed by atoms with Crippen molar-refractivity contribution >= 4 is 28.0 Å². The van der Waals surface area contributed by atoms with Gasteiger partial charge in [-0.25, -0.2) is 0 Å². The van der Waals surface area contributed by atoms with E-state index in [1.54, 1.807) is 0 Å². The zero-order chi connectivity index (χ0) is 13.2. The molecule has 0 bridgehead atoms. The second-order valence-electron chi connectivity index (χ2n) is 3.06. The number of phenols is 1. The van der Waals surface area contributed by atoms with Crippen molar-refractivity contribution in [3.8, 4) is 11.5 Å². The van der Waals surface area contributed by atoms with Crippen molar-refractivity contribution in [1.82, 2.24) is 0 Å². The number of aromatic hydroxyl groups is 1. The van der Waals surface area contributed by atoms with Gasteiger partial charge in [0.25, 0.3) is 10.1 Å². The van der Waals surface area contributed by atoms with Gasteiger partial charge in [-0.1, -0.05) is 11.6 Å². The normalized spacial score (nSPS) is 13.1. The topological polar surface area (TPSA) is 101 Å². The van der Waals surface area contributed by atoms with Crippen molar-refractivity contribution in [2.45, 2.75) is 5.25 Å². The van der Waals surface area contributed by atoms with Gasteiger partial charge < -0.3 is 9.84 Å². The van der Waals surface area contributed by atoms with Crippen molar-refractivity contribution in [3.63, 3.8) is 0 Å². The van der Waals surface area contributed by atoms with E-state index in [2.05, 4.69) is 0 Å². The number of rotatable bonds is 4. The fourth-order valence-electron chi connectivity index (χ4n) is 1.21. The van der Waals surface area contributed by atoms with E-state index >= 15 is 0 Å². The van der Waals surface area contributed by atoms with Crippen LogP contribution in [-0.4, -0.2) is 31.5 Å². The predicted molar refractivity (Wildman–Crippen MR) is 59.7 cm³/mol. The molecule has 17 heavy (non-hydrogen) atoms. The van der Waals surface area contributed by atoms with E-state index in [9.17, 15) is 18.3 Å². The molecule has 0 saturated carbocycles. The Labute approximate surface area is 103 Å². The fraction of sp³-hybridized carbons (Fsp3) is 0.222. The maximum atomic E-state index is 10.9. The average molecular weight is 280 g/mol. The molecule has 0 aliphatic carbocycles. The molecule has 0 amide bonds. The van der Waals surface area contributed by atoms with Crippen LogP contribution in [0.2, 0.25) is 5.02 Å². The minimum Gasteiger partial charge on any atom is -0.504 e. The minimum absolute atomic E-state index is 0.0756. The zero-order valence-electron chi connectivity index (χ0n) is 8.55. The van der Waals surface area contributed by atoms with Gasteiger partial charge >= 0.3 is 0 Å². The molecule has 93 valence electrons. The van der Waals surface area contributed by atoms with E-state index in [0.29, 0.717) is 0 Å². The minimum atomic E-state index is -4.67. The van der Waals surface area contributed by atoms with Crippen LogP contribution in [0.3, 0.4) is 0 Å². The summed E-state index contributed by atoms with van der Waals surface area (Å²) in [6.45, 7) is 0. The Balaban J connectivity index is 3.44. The first-order chi connectivity index (χ1) is 7.81. The lowest BCUT2D eigenvalue weighted by atomic mass is 10.1. The Morgan fingerprint density at radius 1 is 1.47 bits per heavy atom. The number of hydrogen-bond acceptors (Lipinski definition) is 5. The van der Waals surface area contributed by atoms with Crippen LogP contribution in [0.15, 0.2) is 12.1 Å². The van der Waals surface area contributed by atoms with E-state index in [1.165, 1.54) is 7.11 Å². The smallest absolute Gasteiger partial charge is 0.279 e. The second-order valence-corrected chi connectivity index (χ2v) is 4.97. The first-order valence-electron chi connectivity index (χ1n) is 4.21. The molecule has 2 N–H and O–H groups in total. The lowest BCUT2D eigenvalue weighted by Crippen LogP contribution is -2.14. The quantitative estimate of drug-likeness (QED) is 0.800. The third-order valence-corrected chi connectivity index (χ3v) is 3.26. The van der Waals surface area contributed by atoms with E-state index in [1.807, 2.05) is 0 Å². The standard InChI is InChI=1S/C9H8ClO6S/c1-16-8-2-5(6(10)3-7(8)12)9(4-11)17(13,14)15/h2-3,9,12H,1H3,(H,13,14,15). The van der Waals surface area contributed by atoms with E-state index < -0.39 is 15.4 Å². The SMILES string of the molecule is COc1cc(C([C]=O)S(=O)(=O)O)c(Cl)cc1O. The summed E-state index contributed by atoms with van der Waals surface area (Å²) >= 11 is 5.67. The van der Waals surface area contributed by atoms with Crippen LogP contribution in [-0.2, 0) is 14.9 Å². The molecule has 0 spiro atoms. The highest BCUT2D eigenvalue weighted by molar-refractivity contribution is 7.86. The largest absolute Gasteiger partial charge is 0.504 e. The molecule has 1 radical (unpaired) electrons. The van der Waals surface area contributed by atoms with Crippen molar-refractivity contribution in [3.05, 3.63) is 22.7 Å². The van der Waals surface area contributed by atoms with Crippen LogP contribution in [0.25, 0.3) is 0 Å². The van der Waals surface area contributed by atoms with Gasteiger partial charge in [0.1, 0.15) is 0 Å². The van der Waals surface area contributed by atoms with Crippen LogP contribution >= 0.6 is 11.6 Å². The van der Waals surface area contributed by atoms with Crippen molar-refractivity contribution in [1.29, 1.82) is 0 Å². The molecular formula is C9H8ClO6S. The third kappa shape index (κ3) is 2.87. The summed E-state index contributed by atoms with van der Waals surface area (Å²) in [7, 11) is -3.44. The Hall–Kier alpha value is -1.31. The van der Waals surface area contributed by atoms with Crippen molar-refractivity contribution in [2.75, 3.05) is 7.11 Å². The summed E-state index contributed by atoms with van der Waals surface area (Å²) < 4.78 is 35.4. The molecule has 0 heterocycles. The molecule has 1 atom stereocenters. The number of methoxy groups -OCH3 is 1. The van der Waals surface area contributed by atoms with E-state index in [-0.39, 0.29) is 22.1 Å². The summed E-state index contributed by atoms with van der Waals surface area (Å²) in [6.07, 6.45) is 1.16. The van der Waals surface area contributed by atoms with Crippen LogP contribution < -0.4 is 4.74 Å². The first kappa shape index (κ1) is 13.8. The third-order valence-electron chi connectivity index (χ3n) is 1.99. The summed E-state index contributed by atoms with van der Waals surface area (Å²) in [4.78, 5) is 10.6. The molecule has 8 heteroatoms. The maximum Gasteiger partial charge on any atom is 0.279 e. The molecule has 0 fully saturated rings. The van der Waals surface area contributed by atoms with E-state index in [0.717, 1.165) is 18.4 Å². The highest BCUT2D eigenvalue weighted by Crippen LogP contribution is 2.36. The van der Waals surface area contributed by atoms with Gasteiger partial charge in [-0.2, -0.15) is 8.42 Å². The Kier molecular flexibility index (Phi) is 3.97. The highest BCUT2D eigenvalue weighted by Gasteiger charge is 2.29. The summed E-state index contributed by atoms with van der Waals surface area (Å²) in [5.41, 5.74) is -0.223. The van der Waals surface area contributed by atoms with Crippen molar-refractivity contribution in [2.24, 2.45) is 0 Å². The lowest BCUT2D eigenvalue weighted by Gasteiger charge is -2.11. The van der Waals surface area contributed by atoms with Crippen molar-refractivity contribution < 1.29 is 27.6 Å². The van der Waals surface area contributed by atoms with Gasteiger partial charge in [-0.3, -0.25) is 9.35 Å². The van der Waals surface area contributed by atoms with E-state index in [4.69, 9.17) is 20.9 Å². The van der Waals surface area contributed by atoms with Gasteiger partial charge in [0.2, 0.25) is 6.29 Å². The first-order valence-corrected chi connectivity index (χ1v) is 6.09. The maximum absolute atomic E-state index is 10.9. The fourth-order valence-corrected chi connectivity index (χ4v) is 2.18. The highest BCUT2D eigenvalue weighted by atomic mass is 35.5. The van der Waals surface area contributed by atoms with Crippen LogP contribution in [0.1, 0.15) is 10.8 Å². The number of halogens is 1. The number of hydrogen-bond donors (Lipinski definition) is 2. The van der Waals surface area contributed by atoms with Gasteiger partial charge in [-0.15, -0.1) is 0 Å². The Morgan fingerprint density at radius 2 is 2.06 bits per heavy atom. The van der Waals surface area contributed by atoms with Crippen LogP contribution in [0.4, 0.5) is 0 Å². The molecule has 1 aromatic rings. The molecule has 0 aromatic heterocycles. The predicted octanol–water partition coefficient (Wildman–Crippen LogP) is 1.09. The van der Waals surface area contributed by atoms with Crippen LogP contribution in [0.5, 0.6) is 11.5 Å². The molecule has 0 aliphatic rings. The summed E-state index contributed by atoms with van der Waals surface area (Å²) in [5.74, 6) is -0.394. The number of ether oxygens (including phenoxy) is 1. The number of carbonyl (C=O) groups excluding carboxylic acids is 1. The summed E-state index contributed by atoms with van der Waals surface area (Å²) in [6, 6.07) is 2.05. The van der Waals surface area contributed by atoms with Gasteiger partial charge in [-0.05, 0) is 6.07 Å². The molecule has 1 rings (SSSR count). The second kappa shape index (κ2) is 4.91. The lowest BCUT2D eigenvalue weighted by molar-refractivity contribution is 0.373. The van der Waals surface area contributed by atoms with Crippen LogP contribution in [0, 0.1) is 0 Å². The Bertz CT molecular complexity index is 539. The molecular weight excluding hydrogens is 272 g/mol. The van der Waals surface area contributed by atoms with Gasteiger partial charge in [0.05, 0.1) is 7.11 Å². The molecule has 0 aliphatic heterocycles. The monoisotopic (exact) mass is 279 g/mol.